The van der Waals surface area contributed by atoms with E-state index in [1.807, 2.05) is 42.5 Å². The van der Waals surface area contributed by atoms with Crippen molar-refractivity contribution >= 4 is 23.3 Å². The minimum absolute atomic E-state index is 0.201. The van der Waals surface area contributed by atoms with Crippen molar-refractivity contribution in [3.8, 4) is 11.1 Å². The van der Waals surface area contributed by atoms with Crippen molar-refractivity contribution in [3.63, 3.8) is 0 Å². The van der Waals surface area contributed by atoms with Crippen molar-refractivity contribution in [2.45, 2.75) is 13.8 Å². The fraction of sp³-hybridized carbons (Fsp3) is 0.182. The first-order chi connectivity index (χ1) is 13.9. The SMILES string of the molecule is Cc1nn(C)c(C)c1C(=O)C(=O)OCC(=O)Nc1ccccc1-c1ccccc1. The molecule has 0 aliphatic rings. The Morgan fingerprint density at radius 2 is 1.66 bits per heavy atom. The number of anilines is 1. The summed E-state index contributed by atoms with van der Waals surface area (Å²) >= 11 is 0. The number of ketones is 1. The predicted octanol–water partition coefficient (Wildman–Crippen LogP) is 3.07. The lowest BCUT2D eigenvalue weighted by Gasteiger charge is -2.11. The van der Waals surface area contributed by atoms with Crippen LogP contribution >= 0.6 is 0 Å². The Morgan fingerprint density at radius 1 is 1.00 bits per heavy atom. The smallest absolute Gasteiger partial charge is 0.380 e. The number of Topliss-reactive ketones (excluding diaryl/α,β-unsaturated/α-hetero) is 1. The summed E-state index contributed by atoms with van der Waals surface area (Å²) in [5.41, 5.74) is 3.57. The molecule has 0 spiro atoms. The number of carbonyl (C=O) groups is 3. The molecule has 0 saturated carbocycles. The number of nitrogens with zero attached hydrogens (tertiary/aromatic N) is 2. The lowest BCUT2D eigenvalue weighted by atomic mass is 10.0. The molecule has 7 nitrogen and oxygen atoms in total. The maximum atomic E-state index is 12.4. The Labute approximate surface area is 168 Å². The van der Waals surface area contributed by atoms with E-state index in [0.29, 0.717) is 17.1 Å². The summed E-state index contributed by atoms with van der Waals surface area (Å²) in [6.07, 6.45) is 0. The molecule has 1 N–H and O–H groups in total. The molecule has 29 heavy (non-hydrogen) atoms. The molecule has 2 aromatic carbocycles. The highest BCUT2D eigenvalue weighted by Gasteiger charge is 2.25. The van der Waals surface area contributed by atoms with E-state index in [-0.39, 0.29) is 5.56 Å². The molecule has 3 aromatic rings. The van der Waals surface area contributed by atoms with Crippen LogP contribution < -0.4 is 5.32 Å². The van der Waals surface area contributed by atoms with Gasteiger partial charge in [-0.2, -0.15) is 5.10 Å². The maximum Gasteiger partial charge on any atom is 0.380 e. The molecule has 1 amide bonds. The molecule has 0 aliphatic carbocycles. The molecule has 0 radical (unpaired) electrons. The molecule has 0 fully saturated rings. The van der Waals surface area contributed by atoms with Crippen molar-refractivity contribution in [2.24, 2.45) is 7.05 Å². The first-order valence-corrected chi connectivity index (χ1v) is 9.04. The van der Waals surface area contributed by atoms with Crippen molar-refractivity contribution < 1.29 is 19.1 Å². The zero-order valence-corrected chi connectivity index (χ0v) is 16.4. The summed E-state index contributed by atoms with van der Waals surface area (Å²) in [4.78, 5) is 36.7. The third kappa shape index (κ3) is 4.40. The standard InChI is InChI=1S/C22H21N3O4/c1-14-20(15(2)25(3)24-14)21(27)22(28)29-13-19(26)23-18-12-8-7-11-17(18)16-9-5-4-6-10-16/h4-12H,13H2,1-3H3,(H,23,26). The fourth-order valence-electron chi connectivity index (χ4n) is 3.05. The van der Waals surface area contributed by atoms with Gasteiger partial charge in [-0.15, -0.1) is 0 Å². The van der Waals surface area contributed by atoms with Crippen molar-refractivity contribution in [1.82, 2.24) is 9.78 Å². The number of ether oxygens (including phenoxy) is 1. The second-order valence-corrected chi connectivity index (χ2v) is 6.53. The van der Waals surface area contributed by atoms with E-state index in [1.54, 1.807) is 33.0 Å². The van der Waals surface area contributed by atoms with Gasteiger partial charge in [-0.05, 0) is 25.5 Å². The maximum absolute atomic E-state index is 12.4. The van der Waals surface area contributed by atoms with Crippen molar-refractivity contribution in [3.05, 3.63) is 71.5 Å². The van der Waals surface area contributed by atoms with E-state index < -0.39 is 24.3 Å². The van der Waals surface area contributed by atoms with E-state index in [2.05, 4.69) is 10.4 Å². The summed E-state index contributed by atoms with van der Waals surface area (Å²) in [5.74, 6) is -2.43. The minimum atomic E-state index is -1.09. The molecule has 1 heterocycles. The van der Waals surface area contributed by atoms with Gasteiger partial charge in [0.05, 0.1) is 11.3 Å². The van der Waals surface area contributed by atoms with Crippen LogP contribution in [0.5, 0.6) is 0 Å². The van der Waals surface area contributed by atoms with Crippen LogP contribution in [0.2, 0.25) is 0 Å². The number of benzene rings is 2. The van der Waals surface area contributed by atoms with E-state index in [0.717, 1.165) is 11.1 Å². The number of carbonyl (C=O) groups excluding carboxylic acids is 3. The minimum Gasteiger partial charge on any atom is -0.450 e. The van der Waals surface area contributed by atoms with Crippen LogP contribution in [0, 0.1) is 13.8 Å². The van der Waals surface area contributed by atoms with Gasteiger partial charge < -0.3 is 10.1 Å². The van der Waals surface area contributed by atoms with Gasteiger partial charge in [0.15, 0.2) is 6.61 Å². The summed E-state index contributed by atoms with van der Waals surface area (Å²) < 4.78 is 6.44. The lowest BCUT2D eigenvalue weighted by molar-refractivity contribution is -0.142. The topological polar surface area (TPSA) is 90.3 Å². The number of para-hydroxylation sites is 1. The van der Waals surface area contributed by atoms with Crippen LogP contribution in [0.3, 0.4) is 0 Å². The molecule has 3 rings (SSSR count). The summed E-state index contributed by atoms with van der Waals surface area (Å²) in [6, 6.07) is 16.9. The zero-order chi connectivity index (χ0) is 21.0. The zero-order valence-electron chi connectivity index (χ0n) is 16.4. The Balaban J connectivity index is 1.65. The average molecular weight is 391 g/mol. The van der Waals surface area contributed by atoms with Crippen LogP contribution in [0.1, 0.15) is 21.7 Å². The molecule has 7 heteroatoms. The van der Waals surface area contributed by atoms with Gasteiger partial charge in [0.1, 0.15) is 0 Å². The van der Waals surface area contributed by atoms with Crippen LogP contribution in [-0.4, -0.2) is 34.0 Å². The highest BCUT2D eigenvalue weighted by Crippen LogP contribution is 2.27. The van der Waals surface area contributed by atoms with Gasteiger partial charge in [0.2, 0.25) is 0 Å². The lowest BCUT2D eigenvalue weighted by Crippen LogP contribution is -2.25. The van der Waals surface area contributed by atoms with Gasteiger partial charge in [-0.25, -0.2) is 4.79 Å². The summed E-state index contributed by atoms with van der Waals surface area (Å²) in [7, 11) is 1.68. The first-order valence-electron chi connectivity index (χ1n) is 9.04. The van der Waals surface area contributed by atoms with E-state index in [4.69, 9.17) is 4.74 Å². The van der Waals surface area contributed by atoms with Gasteiger partial charge >= 0.3 is 5.97 Å². The third-order valence-corrected chi connectivity index (χ3v) is 4.54. The quantitative estimate of drug-likeness (QED) is 0.396. The number of rotatable bonds is 6. The van der Waals surface area contributed by atoms with Crippen molar-refractivity contribution in [1.29, 1.82) is 0 Å². The van der Waals surface area contributed by atoms with E-state index >= 15 is 0 Å². The Bertz CT molecular complexity index is 1070. The van der Waals surface area contributed by atoms with Crippen LogP contribution in [0.15, 0.2) is 54.6 Å². The molecule has 0 saturated heterocycles. The number of esters is 1. The second-order valence-electron chi connectivity index (χ2n) is 6.53. The van der Waals surface area contributed by atoms with Crippen LogP contribution in [0.25, 0.3) is 11.1 Å². The summed E-state index contributed by atoms with van der Waals surface area (Å²) in [5, 5.41) is 6.84. The van der Waals surface area contributed by atoms with Crippen molar-refractivity contribution in [2.75, 3.05) is 11.9 Å². The number of aryl methyl sites for hydroxylation is 2. The highest BCUT2D eigenvalue weighted by molar-refractivity contribution is 6.41. The molecule has 148 valence electrons. The number of hydrogen-bond acceptors (Lipinski definition) is 5. The second kappa shape index (κ2) is 8.52. The monoisotopic (exact) mass is 391 g/mol. The number of aromatic nitrogens is 2. The Kier molecular flexibility index (Phi) is 5.87. The first kappa shape index (κ1) is 20.0. The predicted molar refractivity (Wildman–Crippen MR) is 108 cm³/mol. The number of nitrogens with one attached hydrogen (secondary N) is 1. The van der Waals surface area contributed by atoms with Crippen LogP contribution in [0.4, 0.5) is 5.69 Å². The van der Waals surface area contributed by atoms with Gasteiger partial charge in [0, 0.05) is 24.0 Å². The summed E-state index contributed by atoms with van der Waals surface area (Å²) in [6.45, 7) is 2.76. The third-order valence-electron chi connectivity index (χ3n) is 4.54. The Morgan fingerprint density at radius 3 is 2.31 bits per heavy atom. The van der Waals surface area contributed by atoms with Gasteiger partial charge in [-0.3, -0.25) is 14.3 Å². The average Bonchev–Trinajstić information content (AvgIpc) is 2.98. The Hall–Kier alpha value is -3.74. The number of amides is 1. The van der Waals surface area contributed by atoms with Gasteiger partial charge in [0.25, 0.3) is 11.7 Å². The fourth-order valence-corrected chi connectivity index (χ4v) is 3.05. The molecule has 0 unspecified atom stereocenters. The van der Waals surface area contributed by atoms with E-state index in [9.17, 15) is 14.4 Å². The van der Waals surface area contributed by atoms with Gasteiger partial charge in [-0.1, -0.05) is 48.5 Å². The molecule has 0 bridgehead atoms. The molecular weight excluding hydrogens is 370 g/mol. The molecular formula is C22H21N3O4. The van der Waals surface area contributed by atoms with E-state index in [1.165, 1.54) is 4.68 Å². The van der Waals surface area contributed by atoms with Crippen LogP contribution in [-0.2, 0) is 21.4 Å². The highest BCUT2D eigenvalue weighted by atomic mass is 16.5. The molecule has 0 aliphatic heterocycles. The largest absolute Gasteiger partial charge is 0.450 e. The normalized spacial score (nSPS) is 10.4. The molecule has 0 atom stereocenters. The molecule has 1 aromatic heterocycles. The number of hydrogen-bond donors (Lipinski definition) is 1.